The third-order valence-corrected chi connectivity index (χ3v) is 4.17. The van der Waals surface area contributed by atoms with E-state index in [-0.39, 0.29) is 0 Å². The van der Waals surface area contributed by atoms with Gasteiger partial charge < -0.3 is 13.9 Å². The number of rotatable bonds is 1. The van der Waals surface area contributed by atoms with Gasteiger partial charge in [-0.1, -0.05) is 36.4 Å². The van der Waals surface area contributed by atoms with Crippen molar-refractivity contribution >= 4 is 56.8 Å². The fraction of sp³-hybridized carbons (Fsp3) is 0. The van der Waals surface area contributed by atoms with Crippen molar-refractivity contribution < 1.29 is 13.9 Å². The number of benzene rings is 3. The van der Waals surface area contributed by atoms with E-state index in [2.05, 4.69) is 6.07 Å². The maximum atomic E-state index is 9.74. The molecular formula is C18H10BO3. The molecule has 0 amide bonds. The lowest BCUT2D eigenvalue weighted by Gasteiger charge is -1.98. The van der Waals surface area contributed by atoms with Gasteiger partial charge in [-0.3, -0.25) is 0 Å². The van der Waals surface area contributed by atoms with Crippen molar-refractivity contribution in [3.63, 3.8) is 0 Å². The van der Waals surface area contributed by atoms with Crippen LogP contribution in [0.3, 0.4) is 0 Å². The number of hydrogen-bond donors (Lipinski definition) is 1. The monoisotopic (exact) mass is 285 g/mol. The molecule has 1 radical (unpaired) electrons. The maximum Gasteiger partial charge on any atom is 0.335 e. The Kier molecular flexibility index (Phi) is 2.24. The predicted octanol–water partition coefficient (Wildman–Crippen LogP) is 3.72. The smallest absolute Gasteiger partial charge is 0.335 e. The van der Waals surface area contributed by atoms with Crippen LogP contribution in [0.25, 0.3) is 43.9 Å². The molecular weight excluding hydrogens is 275 g/mol. The normalized spacial score (nSPS) is 11.9. The standard InChI is InChI=1S/C18H10BO3/c20-19-16-17-12(10-5-1-3-7-14(10)21-17)9-13-11-6-2-4-8-15(11)22-18(13)16/h1-9,20H. The average Bonchev–Trinajstić information content (AvgIpc) is 3.11. The van der Waals surface area contributed by atoms with Crippen LogP contribution in [0.2, 0.25) is 0 Å². The second-order valence-corrected chi connectivity index (χ2v) is 5.37. The Morgan fingerprint density at radius 3 is 1.68 bits per heavy atom. The lowest BCUT2D eigenvalue weighted by molar-refractivity contribution is 0.611. The summed E-state index contributed by atoms with van der Waals surface area (Å²) in [7, 11) is 1.06. The molecule has 0 aliphatic carbocycles. The van der Waals surface area contributed by atoms with Gasteiger partial charge in [-0.15, -0.1) is 0 Å². The molecule has 0 fully saturated rings. The van der Waals surface area contributed by atoms with Crippen molar-refractivity contribution in [2.75, 3.05) is 0 Å². The van der Waals surface area contributed by atoms with E-state index in [1.54, 1.807) is 0 Å². The van der Waals surface area contributed by atoms with Gasteiger partial charge in [-0.2, -0.15) is 0 Å². The lowest BCUT2D eigenvalue weighted by atomic mass is 9.85. The lowest BCUT2D eigenvalue weighted by Crippen LogP contribution is -2.14. The molecule has 0 atom stereocenters. The molecule has 0 saturated heterocycles. The molecule has 0 bridgehead atoms. The second-order valence-electron chi connectivity index (χ2n) is 5.37. The molecule has 103 valence electrons. The highest BCUT2D eigenvalue weighted by atomic mass is 16.3. The van der Waals surface area contributed by atoms with Gasteiger partial charge in [0.1, 0.15) is 22.3 Å². The quantitative estimate of drug-likeness (QED) is 0.477. The summed E-state index contributed by atoms with van der Waals surface area (Å²) in [5, 5.41) is 13.8. The van der Waals surface area contributed by atoms with E-state index in [0.717, 1.165) is 40.2 Å². The summed E-state index contributed by atoms with van der Waals surface area (Å²) >= 11 is 0. The van der Waals surface area contributed by atoms with E-state index in [1.165, 1.54) is 0 Å². The Morgan fingerprint density at radius 1 is 0.682 bits per heavy atom. The van der Waals surface area contributed by atoms with Crippen LogP contribution in [0.15, 0.2) is 63.4 Å². The van der Waals surface area contributed by atoms with E-state index < -0.39 is 0 Å². The van der Waals surface area contributed by atoms with Gasteiger partial charge in [-0.05, 0) is 18.2 Å². The SMILES string of the molecule is O[B]c1c2oc3ccccc3c2cc2c1oc1ccccc12. The van der Waals surface area contributed by atoms with Gasteiger partial charge in [0.2, 0.25) is 0 Å². The number of fused-ring (bicyclic) bond motifs is 6. The third-order valence-electron chi connectivity index (χ3n) is 4.17. The molecule has 3 aromatic carbocycles. The average molecular weight is 285 g/mol. The van der Waals surface area contributed by atoms with Crippen LogP contribution in [0.1, 0.15) is 0 Å². The minimum atomic E-state index is 0.583. The Morgan fingerprint density at radius 2 is 1.18 bits per heavy atom. The van der Waals surface area contributed by atoms with Crippen LogP contribution in [0.4, 0.5) is 0 Å². The summed E-state index contributed by atoms with van der Waals surface area (Å²) in [6.45, 7) is 0. The minimum Gasteiger partial charge on any atom is -0.456 e. The highest BCUT2D eigenvalue weighted by molar-refractivity contribution is 6.55. The Balaban J connectivity index is 2.10. The first-order chi connectivity index (χ1) is 10.9. The van der Waals surface area contributed by atoms with Gasteiger partial charge in [0.15, 0.2) is 0 Å². The van der Waals surface area contributed by atoms with Crippen LogP contribution in [0, 0.1) is 0 Å². The Bertz CT molecular complexity index is 1080. The van der Waals surface area contributed by atoms with Crippen molar-refractivity contribution in [1.82, 2.24) is 0 Å². The Labute approximate surface area is 126 Å². The summed E-state index contributed by atoms with van der Waals surface area (Å²) in [6, 6.07) is 17.8. The van der Waals surface area contributed by atoms with Crippen LogP contribution >= 0.6 is 0 Å². The second kappa shape index (κ2) is 4.15. The highest BCUT2D eigenvalue weighted by Gasteiger charge is 2.19. The number of furan rings is 2. The number of para-hydroxylation sites is 2. The zero-order valence-electron chi connectivity index (χ0n) is 11.5. The van der Waals surface area contributed by atoms with Gasteiger partial charge in [0.05, 0.1) is 0 Å². The van der Waals surface area contributed by atoms with Crippen molar-refractivity contribution in [1.29, 1.82) is 0 Å². The van der Waals surface area contributed by atoms with Crippen molar-refractivity contribution in [2.24, 2.45) is 0 Å². The maximum absolute atomic E-state index is 9.74. The molecule has 2 aromatic heterocycles. The van der Waals surface area contributed by atoms with Gasteiger partial charge >= 0.3 is 7.48 Å². The van der Waals surface area contributed by atoms with Crippen LogP contribution in [0.5, 0.6) is 0 Å². The molecule has 0 saturated carbocycles. The molecule has 0 unspecified atom stereocenters. The third kappa shape index (κ3) is 1.40. The van der Waals surface area contributed by atoms with E-state index in [9.17, 15) is 5.02 Å². The molecule has 5 rings (SSSR count). The summed E-state index contributed by atoms with van der Waals surface area (Å²) in [4.78, 5) is 0. The zero-order chi connectivity index (χ0) is 14.7. The van der Waals surface area contributed by atoms with Gasteiger partial charge in [-0.25, -0.2) is 0 Å². The van der Waals surface area contributed by atoms with Crippen molar-refractivity contribution in [3.8, 4) is 0 Å². The van der Waals surface area contributed by atoms with Crippen LogP contribution in [-0.2, 0) is 0 Å². The molecule has 1 N–H and O–H groups in total. The first-order valence-electron chi connectivity index (χ1n) is 7.10. The van der Waals surface area contributed by atoms with E-state index in [0.29, 0.717) is 16.6 Å². The minimum absolute atomic E-state index is 0.583. The van der Waals surface area contributed by atoms with E-state index in [4.69, 9.17) is 8.83 Å². The molecule has 0 spiro atoms. The Hall–Kier alpha value is -2.72. The predicted molar refractivity (Wildman–Crippen MR) is 88.6 cm³/mol. The topological polar surface area (TPSA) is 46.5 Å². The van der Waals surface area contributed by atoms with E-state index >= 15 is 0 Å². The van der Waals surface area contributed by atoms with Crippen LogP contribution in [-0.4, -0.2) is 12.5 Å². The molecule has 0 aliphatic heterocycles. The summed E-state index contributed by atoms with van der Waals surface area (Å²) in [6.07, 6.45) is 0. The molecule has 0 aliphatic rings. The number of hydrogen-bond acceptors (Lipinski definition) is 3. The van der Waals surface area contributed by atoms with E-state index in [1.807, 2.05) is 48.5 Å². The summed E-state index contributed by atoms with van der Waals surface area (Å²) in [5.41, 5.74) is 3.49. The zero-order valence-corrected chi connectivity index (χ0v) is 11.5. The molecule has 3 nitrogen and oxygen atoms in total. The molecule has 5 aromatic rings. The summed E-state index contributed by atoms with van der Waals surface area (Å²) < 4.78 is 11.9. The highest BCUT2D eigenvalue weighted by Crippen LogP contribution is 2.34. The van der Waals surface area contributed by atoms with Gasteiger partial charge in [0.25, 0.3) is 0 Å². The summed E-state index contributed by atoms with van der Waals surface area (Å²) in [5.74, 6) is 0. The molecule has 4 heteroatoms. The fourth-order valence-electron chi connectivity index (χ4n) is 3.18. The van der Waals surface area contributed by atoms with Crippen molar-refractivity contribution in [3.05, 3.63) is 54.6 Å². The largest absolute Gasteiger partial charge is 0.456 e. The van der Waals surface area contributed by atoms with Crippen molar-refractivity contribution in [2.45, 2.75) is 0 Å². The first kappa shape index (κ1) is 11.9. The molecule has 2 heterocycles. The van der Waals surface area contributed by atoms with Crippen LogP contribution < -0.4 is 5.46 Å². The molecule has 22 heavy (non-hydrogen) atoms. The first-order valence-corrected chi connectivity index (χ1v) is 7.10. The van der Waals surface area contributed by atoms with Gasteiger partial charge in [0, 0.05) is 27.0 Å². The fourth-order valence-corrected chi connectivity index (χ4v) is 3.18.